The monoisotopic (exact) mass is 363 g/mol. The number of alkyl halides is 3. The molecule has 0 radical (unpaired) electrons. The van der Waals surface area contributed by atoms with Gasteiger partial charge in [-0.3, -0.25) is 4.99 Å². The molecule has 0 saturated heterocycles. The molecule has 6 heteroatoms. The van der Waals surface area contributed by atoms with E-state index in [9.17, 15) is 13.2 Å². The Labute approximate surface area is 150 Å². The number of aryl methyl sites for hydroxylation is 1. The second-order valence-electron chi connectivity index (χ2n) is 6.14. The van der Waals surface area contributed by atoms with Crippen molar-refractivity contribution in [3.05, 3.63) is 58.7 Å². The van der Waals surface area contributed by atoms with Crippen LogP contribution >= 0.6 is 0 Å². The first kappa shape index (κ1) is 18.3. The van der Waals surface area contributed by atoms with Crippen LogP contribution in [0.25, 0.3) is 0 Å². The summed E-state index contributed by atoms with van der Waals surface area (Å²) in [6, 6.07) is 9.21. The molecule has 0 aromatic heterocycles. The Hall–Kier alpha value is -2.50. The van der Waals surface area contributed by atoms with Crippen LogP contribution in [0.1, 0.15) is 28.7 Å². The number of rotatable bonds is 5. The molecule has 0 spiro atoms. The highest BCUT2D eigenvalue weighted by atomic mass is 19.4. The summed E-state index contributed by atoms with van der Waals surface area (Å²) in [4.78, 5) is 4.61. The molecular formula is C20H20F3NO2. The molecule has 0 unspecified atom stereocenters. The molecule has 0 bridgehead atoms. The number of methoxy groups -OCH3 is 2. The third-order valence-electron chi connectivity index (χ3n) is 4.54. The summed E-state index contributed by atoms with van der Waals surface area (Å²) in [5.74, 6) is 1.34. The quantitative estimate of drug-likeness (QED) is 0.771. The molecule has 26 heavy (non-hydrogen) atoms. The van der Waals surface area contributed by atoms with Gasteiger partial charge in [-0.25, -0.2) is 0 Å². The standard InChI is InChI=1S/C20H20F3NO2/c1-25-18-11-14-9-10-24-17(16(14)12-19(18)26-2)8-5-13-3-6-15(7-4-13)20(21,22)23/h3-4,6-7,11-12H,5,8-10H2,1-2H3. The maximum atomic E-state index is 12.7. The summed E-state index contributed by atoms with van der Waals surface area (Å²) in [5.41, 5.74) is 3.36. The second-order valence-corrected chi connectivity index (χ2v) is 6.14. The van der Waals surface area contributed by atoms with E-state index in [0.29, 0.717) is 30.9 Å². The lowest BCUT2D eigenvalue weighted by Crippen LogP contribution is -2.14. The Kier molecular flexibility index (Phi) is 5.20. The van der Waals surface area contributed by atoms with Crippen molar-refractivity contribution in [3.63, 3.8) is 0 Å². The fraction of sp³-hybridized carbons (Fsp3) is 0.350. The SMILES string of the molecule is COc1cc2c(cc1OC)C(CCc1ccc(C(F)(F)F)cc1)=NCC2. The summed E-state index contributed by atoms with van der Waals surface area (Å²) in [6.45, 7) is 0.699. The molecule has 3 rings (SSSR count). The van der Waals surface area contributed by atoms with E-state index in [1.807, 2.05) is 12.1 Å². The molecule has 0 N–H and O–H groups in total. The molecule has 0 saturated carbocycles. The van der Waals surface area contributed by atoms with Gasteiger partial charge in [-0.1, -0.05) is 12.1 Å². The lowest BCUT2D eigenvalue weighted by molar-refractivity contribution is -0.137. The van der Waals surface area contributed by atoms with Crippen LogP contribution in [0.3, 0.4) is 0 Å². The van der Waals surface area contributed by atoms with Crippen LogP contribution < -0.4 is 9.47 Å². The van der Waals surface area contributed by atoms with Gasteiger partial charge in [0.2, 0.25) is 0 Å². The first-order chi connectivity index (χ1) is 12.4. The maximum absolute atomic E-state index is 12.7. The first-order valence-electron chi connectivity index (χ1n) is 8.37. The van der Waals surface area contributed by atoms with Gasteiger partial charge in [0, 0.05) is 17.8 Å². The number of hydrogen-bond acceptors (Lipinski definition) is 3. The highest BCUT2D eigenvalue weighted by molar-refractivity contribution is 6.03. The van der Waals surface area contributed by atoms with E-state index in [-0.39, 0.29) is 0 Å². The average molecular weight is 363 g/mol. The smallest absolute Gasteiger partial charge is 0.416 e. The van der Waals surface area contributed by atoms with Crippen molar-refractivity contribution in [1.82, 2.24) is 0 Å². The van der Waals surface area contributed by atoms with E-state index >= 15 is 0 Å². The molecule has 1 aliphatic rings. The molecule has 0 amide bonds. The molecule has 3 nitrogen and oxygen atoms in total. The summed E-state index contributed by atoms with van der Waals surface area (Å²) in [7, 11) is 3.19. The van der Waals surface area contributed by atoms with E-state index in [4.69, 9.17) is 9.47 Å². The van der Waals surface area contributed by atoms with Gasteiger partial charge in [0.05, 0.1) is 19.8 Å². The van der Waals surface area contributed by atoms with Gasteiger partial charge in [-0.2, -0.15) is 13.2 Å². The van der Waals surface area contributed by atoms with Gasteiger partial charge in [0.25, 0.3) is 0 Å². The second kappa shape index (κ2) is 7.40. The average Bonchev–Trinajstić information content (AvgIpc) is 2.64. The lowest BCUT2D eigenvalue weighted by atomic mass is 9.93. The normalized spacial score (nSPS) is 13.8. The third-order valence-corrected chi connectivity index (χ3v) is 4.54. The Bertz CT molecular complexity index is 811. The van der Waals surface area contributed by atoms with Crippen LogP contribution in [-0.2, 0) is 19.0 Å². The van der Waals surface area contributed by atoms with Gasteiger partial charge in [-0.15, -0.1) is 0 Å². The molecule has 1 aliphatic heterocycles. The lowest BCUT2D eigenvalue weighted by Gasteiger charge is -2.20. The van der Waals surface area contributed by atoms with Gasteiger partial charge in [-0.05, 0) is 54.7 Å². The number of aliphatic imine (C=N–C) groups is 1. The number of halogens is 3. The Morgan fingerprint density at radius 3 is 2.23 bits per heavy atom. The van der Waals surface area contributed by atoms with Gasteiger partial charge in [0.15, 0.2) is 11.5 Å². The van der Waals surface area contributed by atoms with Crippen molar-refractivity contribution in [2.24, 2.45) is 4.99 Å². The van der Waals surface area contributed by atoms with Crippen LogP contribution in [-0.4, -0.2) is 26.5 Å². The van der Waals surface area contributed by atoms with Gasteiger partial charge in [0.1, 0.15) is 0 Å². The number of benzene rings is 2. The molecule has 0 atom stereocenters. The minimum atomic E-state index is -4.31. The highest BCUT2D eigenvalue weighted by Gasteiger charge is 2.29. The van der Waals surface area contributed by atoms with E-state index < -0.39 is 11.7 Å². The van der Waals surface area contributed by atoms with Crippen molar-refractivity contribution in [1.29, 1.82) is 0 Å². The van der Waals surface area contributed by atoms with Gasteiger partial charge >= 0.3 is 6.18 Å². The zero-order valence-electron chi connectivity index (χ0n) is 14.7. The molecule has 0 aliphatic carbocycles. The Morgan fingerprint density at radius 1 is 0.962 bits per heavy atom. The number of nitrogens with zero attached hydrogens (tertiary/aromatic N) is 1. The van der Waals surface area contributed by atoms with Crippen LogP contribution in [0, 0.1) is 0 Å². The topological polar surface area (TPSA) is 30.8 Å². The molecule has 138 valence electrons. The van der Waals surface area contributed by atoms with E-state index in [0.717, 1.165) is 41.0 Å². The molecule has 0 fully saturated rings. The molecular weight excluding hydrogens is 343 g/mol. The third kappa shape index (κ3) is 3.84. The fourth-order valence-corrected chi connectivity index (χ4v) is 3.13. The molecule has 2 aromatic carbocycles. The van der Waals surface area contributed by atoms with Crippen molar-refractivity contribution in [2.75, 3.05) is 20.8 Å². The summed E-state index contributed by atoms with van der Waals surface area (Å²) in [6.07, 6.45) is -2.18. The summed E-state index contributed by atoms with van der Waals surface area (Å²) >= 11 is 0. The predicted molar refractivity (Wildman–Crippen MR) is 94.4 cm³/mol. The van der Waals surface area contributed by atoms with Crippen LogP contribution in [0.15, 0.2) is 41.4 Å². The first-order valence-corrected chi connectivity index (χ1v) is 8.37. The molecule has 1 heterocycles. The maximum Gasteiger partial charge on any atom is 0.416 e. The van der Waals surface area contributed by atoms with Crippen molar-refractivity contribution >= 4 is 5.71 Å². The van der Waals surface area contributed by atoms with Crippen molar-refractivity contribution in [3.8, 4) is 11.5 Å². The molecule has 2 aromatic rings. The van der Waals surface area contributed by atoms with Crippen LogP contribution in [0.4, 0.5) is 13.2 Å². The highest BCUT2D eigenvalue weighted by Crippen LogP contribution is 2.33. The largest absolute Gasteiger partial charge is 0.493 e. The number of hydrogen-bond donors (Lipinski definition) is 0. The Balaban J connectivity index is 1.77. The van der Waals surface area contributed by atoms with E-state index in [2.05, 4.69) is 4.99 Å². The van der Waals surface area contributed by atoms with E-state index in [1.54, 1.807) is 14.2 Å². The predicted octanol–water partition coefficient (Wildman–Crippen LogP) is 4.70. The van der Waals surface area contributed by atoms with E-state index in [1.165, 1.54) is 12.1 Å². The number of fused-ring (bicyclic) bond motifs is 1. The Morgan fingerprint density at radius 2 is 1.62 bits per heavy atom. The summed E-state index contributed by atoms with van der Waals surface area (Å²) < 4.78 is 48.7. The minimum absolute atomic E-state index is 0.626. The zero-order valence-corrected chi connectivity index (χ0v) is 14.7. The van der Waals surface area contributed by atoms with Crippen LogP contribution in [0.2, 0.25) is 0 Å². The fourth-order valence-electron chi connectivity index (χ4n) is 3.13. The number of ether oxygens (including phenoxy) is 2. The van der Waals surface area contributed by atoms with Crippen molar-refractivity contribution < 1.29 is 22.6 Å². The summed E-state index contributed by atoms with van der Waals surface area (Å²) in [5, 5.41) is 0. The van der Waals surface area contributed by atoms with Crippen LogP contribution in [0.5, 0.6) is 11.5 Å². The zero-order chi connectivity index (χ0) is 18.7. The van der Waals surface area contributed by atoms with Gasteiger partial charge < -0.3 is 9.47 Å². The minimum Gasteiger partial charge on any atom is -0.493 e. The van der Waals surface area contributed by atoms with Crippen molar-refractivity contribution in [2.45, 2.75) is 25.4 Å².